The van der Waals surface area contributed by atoms with E-state index in [9.17, 15) is 4.79 Å². The molecule has 18 heavy (non-hydrogen) atoms. The molecule has 0 aliphatic heterocycles. The molecule has 2 N–H and O–H groups in total. The van der Waals surface area contributed by atoms with Gasteiger partial charge in [0.15, 0.2) is 0 Å². The van der Waals surface area contributed by atoms with E-state index < -0.39 is 5.97 Å². The molecule has 0 saturated heterocycles. The fourth-order valence-electron chi connectivity index (χ4n) is 1.57. The number of carboxylic acids is 1. The van der Waals surface area contributed by atoms with Gasteiger partial charge in [-0.3, -0.25) is 5.10 Å². The molecule has 0 saturated carbocycles. The number of aromatic nitrogens is 2. The van der Waals surface area contributed by atoms with Gasteiger partial charge < -0.3 is 5.11 Å². The first-order valence-corrected chi connectivity index (χ1v) is 7.61. The van der Waals surface area contributed by atoms with Crippen LogP contribution >= 0.6 is 23.5 Å². The lowest BCUT2D eigenvalue weighted by Crippen LogP contribution is -1.95. The molecule has 1 aromatic carbocycles. The number of hydrogen-bond acceptors (Lipinski definition) is 4. The number of rotatable bonds is 4. The molecular formula is C12H12N2O2S2. The molecule has 0 aliphatic carbocycles. The number of carboxylic acid groups (broad SMARTS) is 1. The Morgan fingerprint density at radius 1 is 1.22 bits per heavy atom. The van der Waals surface area contributed by atoms with Crippen molar-refractivity contribution in [2.75, 3.05) is 12.5 Å². The topological polar surface area (TPSA) is 66.0 Å². The summed E-state index contributed by atoms with van der Waals surface area (Å²) in [5.41, 5.74) is 1.67. The molecule has 0 bridgehead atoms. The molecule has 0 fully saturated rings. The number of aromatic carboxylic acids is 1. The molecule has 0 amide bonds. The Balaban J connectivity index is 2.41. The summed E-state index contributed by atoms with van der Waals surface area (Å²) in [5, 5.41) is 15.4. The average molecular weight is 280 g/mol. The van der Waals surface area contributed by atoms with Gasteiger partial charge in [-0.15, -0.1) is 23.5 Å². The Hall–Kier alpha value is -1.40. The highest BCUT2D eigenvalue weighted by molar-refractivity contribution is 8.01. The van der Waals surface area contributed by atoms with Crippen molar-refractivity contribution < 1.29 is 9.90 Å². The third-order valence-electron chi connectivity index (χ3n) is 2.49. The van der Waals surface area contributed by atoms with E-state index in [2.05, 4.69) is 10.2 Å². The average Bonchev–Trinajstić information content (AvgIpc) is 2.87. The zero-order valence-electron chi connectivity index (χ0n) is 9.93. The van der Waals surface area contributed by atoms with Crippen molar-refractivity contribution in [3.05, 3.63) is 30.0 Å². The van der Waals surface area contributed by atoms with E-state index in [4.69, 9.17) is 5.11 Å². The van der Waals surface area contributed by atoms with Crippen LogP contribution in [0.5, 0.6) is 0 Å². The quantitative estimate of drug-likeness (QED) is 0.842. The molecule has 0 spiro atoms. The maximum absolute atomic E-state index is 10.8. The maximum Gasteiger partial charge on any atom is 0.353 e. The number of benzene rings is 1. The normalized spacial score (nSPS) is 10.6. The summed E-state index contributed by atoms with van der Waals surface area (Å²) < 4.78 is 0. The van der Waals surface area contributed by atoms with Gasteiger partial charge in [-0.2, -0.15) is 5.10 Å². The first kappa shape index (κ1) is 13.0. The lowest BCUT2D eigenvalue weighted by molar-refractivity contribution is 0.0690. The van der Waals surface area contributed by atoms with Crippen LogP contribution in [-0.4, -0.2) is 33.8 Å². The first-order chi connectivity index (χ1) is 8.65. The smallest absolute Gasteiger partial charge is 0.353 e. The zero-order chi connectivity index (χ0) is 13.1. The maximum atomic E-state index is 10.8. The summed E-state index contributed by atoms with van der Waals surface area (Å²) >= 11 is 3.36. The third-order valence-corrected chi connectivity index (χ3v) is 4.19. The molecule has 1 heterocycles. The van der Waals surface area contributed by atoms with Crippen LogP contribution in [0.4, 0.5) is 0 Å². The van der Waals surface area contributed by atoms with Gasteiger partial charge in [-0.1, -0.05) is 6.07 Å². The zero-order valence-corrected chi connectivity index (χ0v) is 11.6. The molecule has 0 radical (unpaired) electrons. The molecule has 0 aliphatic rings. The SMILES string of the molecule is CSc1ccc(-c2cc(C(=O)O)[nH]n2)cc1SC. The Morgan fingerprint density at radius 3 is 2.50 bits per heavy atom. The minimum atomic E-state index is -1.00. The highest BCUT2D eigenvalue weighted by Gasteiger charge is 2.10. The Labute approximate surface area is 113 Å². The Kier molecular flexibility index (Phi) is 3.98. The molecule has 2 rings (SSSR count). The molecule has 2 aromatic rings. The van der Waals surface area contributed by atoms with E-state index in [1.54, 1.807) is 29.6 Å². The molecule has 0 unspecified atom stereocenters. The van der Waals surface area contributed by atoms with E-state index in [0.717, 1.165) is 5.56 Å². The van der Waals surface area contributed by atoms with Crippen molar-refractivity contribution in [2.45, 2.75) is 9.79 Å². The van der Waals surface area contributed by atoms with Crippen molar-refractivity contribution in [1.82, 2.24) is 10.2 Å². The second-order valence-corrected chi connectivity index (χ2v) is 5.24. The van der Waals surface area contributed by atoms with Crippen molar-refractivity contribution in [1.29, 1.82) is 0 Å². The van der Waals surface area contributed by atoms with Gasteiger partial charge in [0.1, 0.15) is 5.69 Å². The van der Waals surface area contributed by atoms with Gasteiger partial charge in [0.2, 0.25) is 0 Å². The Bertz CT molecular complexity index is 581. The third kappa shape index (κ3) is 2.54. The van der Waals surface area contributed by atoms with Crippen LogP contribution in [0.2, 0.25) is 0 Å². The van der Waals surface area contributed by atoms with E-state index >= 15 is 0 Å². The van der Waals surface area contributed by atoms with E-state index in [0.29, 0.717) is 5.69 Å². The number of carbonyl (C=O) groups is 1. The van der Waals surface area contributed by atoms with Crippen LogP contribution in [0.15, 0.2) is 34.1 Å². The van der Waals surface area contributed by atoms with Gasteiger partial charge in [0.05, 0.1) is 5.69 Å². The molecule has 4 nitrogen and oxygen atoms in total. The van der Waals surface area contributed by atoms with Crippen LogP contribution in [0.25, 0.3) is 11.3 Å². The van der Waals surface area contributed by atoms with Crippen molar-refractivity contribution >= 4 is 29.5 Å². The summed E-state index contributed by atoms with van der Waals surface area (Å²) in [6.45, 7) is 0. The second kappa shape index (κ2) is 5.49. The van der Waals surface area contributed by atoms with Gasteiger partial charge in [0.25, 0.3) is 0 Å². The van der Waals surface area contributed by atoms with Crippen molar-refractivity contribution in [3.8, 4) is 11.3 Å². The minimum absolute atomic E-state index is 0.102. The van der Waals surface area contributed by atoms with Crippen molar-refractivity contribution in [3.63, 3.8) is 0 Å². The predicted octanol–water partition coefficient (Wildman–Crippen LogP) is 3.22. The fourth-order valence-corrected chi connectivity index (χ4v) is 3.05. The first-order valence-electron chi connectivity index (χ1n) is 5.17. The number of aromatic amines is 1. The second-order valence-electron chi connectivity index (χ2n) is 3.54. The minimum Gasteiger partial charge on any atom is -0.477 e. The van der Waals surface area contributed by atoms with Crippen molar-refractivity contribution in [2.24, 2.45) is 0 Å². The number of thioether (sulfide) groups is 2. The van der Waals surface area contributed by atoms with Crippen LogP contribution < -0.4 is 0 Å². The van der Waals surface area contributed by atoms with Crippen LogP contribution in [0.3, 0.4) is 0 Å². The number of hydrogen-bond donors (Lipinski definition) is 2. The summed E-state index contributed by atoms with van der Waals surface area (Å²) in [6.07, 6.45) is 4.05. The summed E-state index contributed by atoms with van der Waals surface area (Å²) in [4.78, 5) is 13.2. The Morgan fingerprint density at radius 2 is 1.94 bits per heavy atom. The number of nitrogens with zero attached hydrogens (tertiary/aromatic N) is 1. The molecule has 94 valence electrons. The van der Waals surface area contributed by atoms with E-state index in [1.165, 1.54) is 9.79 Å². The number of nitrogens with one attached hydrogen (secondary N) is 1. The molecule has 0 atom stereocenters. The standard InChI is InChI=1S/C12H12N2O2S2/c1-17-10-4-3-7(5-11(10)18-2)8-6-9(12(15)16)14-13-8/h3-6H,1-2H3,(H,13,14)(H,15,16). The monoisotopic (exact) mass is 280 g/mol. The summed E-state index contributed by atoms with van der Waals surface area (Å²) in [6, 6.07) is 7.55. The predicted molar refractivity (Wildman–Crippen MR) is 74.5 cm³/mol. The van der Waals surface area contributed by atoms with Crippen LogP contribution in [0, 0.1) is 0 Å². The highest BCUT2D eigenvalue weighted by Crippen LogP contribution is 2.32. The number of H-pyrrole nitrogens is 1. The molecular weight excluding hydrogens is 268 g/mol. The fraction of sp³-hybridized carbons (Fsp3) is 0.167. The van der Waals surface area contributed by atoms with Crippen LogP contribution in [-0.2, 0) is 0 Å². The summed E-state index contributed by atoms with van der Waals surface area (Å²) in [5.74, 6) is -1.00. The van der Waals surface area contributed by atoms with Gasteiger partial charge >= 0.3 is 5.97 Å². The highest BCUT2D eigenvalue weighted by atomic mass is 32.2. The lowest BCUT2D eigenvalue weighted by Gasteiger charge is -2.06. The van der Waals surface area contributed by atoms with E-state index in [-0.39, 0.29) is 5.69 Å². The molecule has 1 aromatic heterocycles. The van der Waals surface area contributed by atoms with Gasteiger partial charge in [-0.05, 0) is 30.7 Å². The summed E-state index contributed by atoms with van der Waals surface area (Å²) in [7, 11) is 0. The van der Waals surface area contributed by atoms with Gasteiger partial charge in [0, 0.05) is 15.4 Å². The van der Waals surface area contributed by atoms with Crippen LogP contribution in [0.1, 0.15) is 10.5 Å². The molecule has 6 heteroatoms. The lowest BCUT2D eigenvalue weighted by atomic mass is 10.1. The largest absolute Gasteiger partial charge is 0.477 e. The van der Waals surface area contributed by atoms with E-state index in [1.807, 2.05) is 30.7 Å². The van der Waals surface area contributed by atoms with Gasteiger partial charge in [-0.25, -0.2) is 4.79 Å².